The van der Waals surface area contributed by atoms with E-state index < -0.39 is 7.37 Å². The Morgan fingerprint density at radius 3 is 2.29 bits per heavy atom. The van der Waals surface area contributed by atoms with E-state index in [1.165, 1.54) is 0 Å². The largest absolute Gasteiger partial charge is 0.439 e. The van der Waals surface area contributed by atoms with Gasteiger partial charge in [-0.3, -0.25) is 4.57 Å². The van der Waals surface area contributed by atoms with Gasteiger partial charge >= 0.3 is 0 Å². The third kappa shape index (κ3) is 1.79. The van der Waals surface area contributed by atoms with Crippen LogP contribution in [0.2, 0.25) is 0 Å². The highest BCUT2D eigenvalue weighted by molar-refractivity contribution is 7.67. The number of rotatable bonds is 0. The quantitative estimate of drug-likeness (QED) is 0.658. The van der Waals surface area contributed by atoms with Gasteiger partial charge in [0.1, 0.15) is 5.75 Å². The smallest absolute Gasteiger partial charge is 0.274 e. The Labute approximate surface area is 102 Å². The molecule has 0 N–H and O–H groups in total. The summed E-state index contributed by atoms with van der Waals surface area (Å²) < 4.78 is 18.0. The van der Waals surface area contributed by atoms with Crippen molar-refractivity contribution in [3.05, 3.63) is 48.5 Å². The van der Waals surface area contributed by atoms with Crippen LogP contribution in [0, 0.1) is 0 Å². The van der Waals surface area contributed by atoms with E-state index in [0.717, 1.165) is 16.4 Å². The van der Waals surface area contributed by atoms with Crippen LogP contribution in [0.15, 0.2) is 48.5 Å². The second-order valence-electron chi connectivity index (χ2n) is 3.95. The molecule has 0 radical (unpaired) electrons. The summed E-state index contributed by atoms with van der Waals surface area (Å²) in [5.41, 5.74) is 2.04. The van der Waals surface area contributed by atoms with E-state index in [0.29, 0.717) is 5.75 Å². The van der Waals surface area contributed by atoms with Gasteiger partial charge < -0.3 is 4.52 Å². The zero-order valence-corrected chi connectivity index (χ0v) is 9.78. The predicted molar refractivity (Wildman–Crippen MR) is 72.4 cm³/mol. The third-order valence-electron chi connectivity index (χ3n) is 2.79. The molecule has 1 aliphatic rings. The first-order valence-corrected chi connectivity index (χ1v) is 7.22. The van der Waals surface area contributed by atoms with Crippen LogP contribution in [0.25, 0.3) is 11.1 Å². The number of para-hydroxylation sites is 1. The molecule has 0 unspecified atom stereocenters. The molecule has 88 valence electrons. The van der Waals surface area contributed by atoms with Gasteiger partial charge in [-0.15, -0.1) is 0 Å². The van der Waals surface area contributed by atoms with Crippen LogP contribution in [0.5, 0.6) is 5.75 Å². The first-order valence-electron chi connectivity index (χ1n) is 5.14. The summed E-state index contributed by atoms with van der Waals surface area (Å²) in [6, 6.07) is 15.4. The minimum Gasteiger partial charge on any atom is -0.439 e. The summed E-state index contributed by atoms with van der Waals surface area (Å²) >= 11 is 0. The zero-order chi connectivity index (χ0) is 11.2. The molecule has 0 amide bonds. The van der Waals surface area contributed by atoms with Crippen LogP contribution in [-0.4, -0.2) is 6.66 Å². The third-order valence-corrected chi connectivity index (χ3v) is 4.60. The number of benzene rings is 2. The Kier molecular flexibility index (Phi) is 2.84. The number of fused-ring (bicyclic) bond motifs is 3. The topological polar surface area (TPSA) is 26.3 Å². The molecule has 2 aromatic carbocycles. The average molecular weight is 246 g/mol. The van der Waals surface area contributed by atoms with E-state index in [1.807, 2.05) is 48.5 Å². The molecule has 0 bridgehead atoms. The maximum atomic E-state index is 12.4. The monoisotopic (exact) mass is 246 g/mol. The summed E-state index contributed by atoms with van der Waals surface area (Å²) in [7, 11) is -2.71. The SMILES string of the molecule is C.C[P@]1(=O)Oc2ccccc2-c2ccccc21. The first-order chi connectivity index (χ1) is 7.68. The second kappa shape index (κ2) is 4.05. The molecule has 1 atom stereocenters. The van der Waals surface area contributed by atoms with Crippen molar-refractivity contribution < 1.29 is 9.09 Å². The molecule has 0 spiro atoms. The molecule has 3 rings (SSSR count). The summed E-state index contributed by atoms with van der Waals surface area (Å²) in [4.78, 5) is 0. The predicted octanol–water partition coefficient (Wildman–Crippen LogP) is 3.92. The van der Waals surface area contributed by atoms with Gasteiger partial charge in [0, 0.05) is 12.2 Å². The highest BCUT2D eigenvalue weighted by Gasteiger charge is 2.30. The van der Waals surface area contributed by atoms with E-state index in [9.17, 15) is 4.57 Å². The maximum absolute atomic E-state index is 12.4. The molecular formula is C14H15O2P. The Morgan fingerprint density at radius 1 is 0.941 bits per heavy atom. The molecule has 0 fully saturated rings. The lowest BCUT2D eigenvalue weighted by Gasteiger charge is -2.25. The van der Waals surface area contributed by atoms with E-state index in [4.69, 9.17) is 4.52 Å². The second-order valence-corrected chi connectivity index (χ2v) is 6.31. The van der Waals surface area contributed by atoms with Crippen molar-refractivity contribution in [2.24, 2.45) is 0 Å². The highest BCUT2D eigenvalue weighted by atomic mass is 31.2. The van der Waals surface area contributed by atoms with Crippen molar-refractivity contribution in [2.45, 2.75) is 7.43 Å². The Morgan fingerprint density at radius 2 is 1.53 bits per heavy atom. The molecule has 0 saturated heterocycles. The zero-order valence-electron chi connectivity index (χ0n) is 8.88. The first kappa shape index (κ1) is 11.9. The Balaban J connectivity index is 0.00000108. The Bertz CT molecular complexity index is 605. The van der Waals surface area contributed by atoms with Crippen LogP contribution >= 0.6 is 7.37 Å². The van der Waals surface area contributed by atoms with Crippen LogP contribution < -0.4 is 9.83 Å². The van der Waals surface area contributed by atoms with Gasteiger partial charge in [-0.2, -0.15) is 0 Å². The van der Waals surface area contributed by atoms with Crippen molar-refractivity contribution in [3.8, 4) is 16.9 Å². The van der Waals surface area contributed by atoms with Gasteiger partial charge in [-0.1, -0.05) is 43.8 Å². The molecular weight excluding hydrogens is 231 g/mol. The van der Waals surface area contributed by atoms with Gasteiger partial charge in [0.05, 0.1) is 5.30 Å². The lowest BCUT2D eigenvalue weighted by molar-refractivity contribution is 0.497. The van der Waals surface area contributed by atoms with Gasteiger partial charge in [-0.05, 0) is 17.7 Å². The highest BCUT2D eigenvalue weighted by Crippen LogP contribution is 2.51. The van der Waals surface area contributed by atoms with Crippen molar-refractivity contribution >= 4 is 12.7 Å². The standard InChI is InChI=1S/C13H11O2P.CH4/c1-16(14)13-9-5-3-7-11(13)10-6-2-4-8-12(10)15-16;/h2-9H,1H3;1H4/t16-;/m0./s1. The van der Waals surface area contributed by atoms with Crippen LogP contribution in [0.1, 0.15) is 7.43 Å². The Hall–Kier alpha value is -1.53. The van der Waals surface area contributed by atoms with Crippen LogP contribution in [-0.2, 0) is 4.57 Å². The fourth-order valence-corrected chi connectivity index (χ4v) is 3.68. The van der Waals surface area contributed by atoms with Gasteiger partial charge in [-0.25, -0.2) is 0 Å². The lowest BCUT2D eigenvalue weighted by Crippen LogP contribution is -2.16. The van der Waals surface area contributed by atoms with Crippen molar-refractivity contribution in [3.63, 3.8) is 0 Å². The lowest BCUT2D eigenvalue weighted by atomic mass is 10.0. The minimum atomic E-state index is -2.71. The number of hydrogen-bond donors (Lipinski definition) is 0. The van der Waals surface area contributed by atoms with Crippen LogP contribution in [0.4, 0.5) is 0 Å². The maximum Gasteiger partial charge on any atom is 0.274 e. The number of hydrogen-bond acceptors (Lipinski definition) is 2. The van der Waals surface area contributed by atoms with E-state index in [1.54, 1.807) is 6.66 Å². The molecule has 0 aliphatic carbocycles. The average Bonchev–Trinajstić information content (AvgIpc) is 2.29. The molecule has 1 aliphatic heterocycles. The van der Waals surface area contributed by atoms with Crippen molar-refractivity contribution in [1.82, 2.24) is 0 Å². The summed E-state index contributed by atoms with van der Waals surface area (Å²) in [6.07, 6.45) is 0. The fourth-order valence-electron chi connectivity index (χ4n) is 2.06. The van der Waals surface area contributed by atoms with Crippen LogP contribution in [0.3, 0.4) is 0 Å². The molecule has 17 heavy (non-hydrogen) atoms. The van der Waals surface area contributed by atoms with Gasteiger partial charge in [0.2, 0.25) is 0 Å². The van der Waals surface area contributed by atoms with Gasteiger partial charge in [0.15, 0.2) is 0 Å². The molecule has 2 nitrogen and oxygen atoms in total. The molecule has 3 heteroatoms. The van der Waals surface area contributed by atoms with Crippen molar-refractivity contribution in [2.75, 3.05) is 6.66 Å². The summed E-state index contributed by atoms with van der Waals surface area (Å²) in [5.74, 6) is 0.715. The van der Waals surface area contributed by atoms with Gasteiger partial charge in [0.25, 0.3) is 7.37 Å². The van der Waals surface area contributed by atoms with E-state index in [-0.39, 0.29) is 7.43 Å². The minimum absolute atomic E-state index is 0. The summed E-state index contributed by atoms with van der Waals surface area (Å²) in [5, 5.41) is 0.814. The molecule has 1 heterocycles. The van der Waals surface area contributed by atoms with E-state index >= 15 is 0 Å². The fraction of sp³-hybridized carbons (Fsp3) is 0.143. The van der Waals surface area contributed by atoms with Crippen molar-refractivity contribution in [1.29, 1.82) is 0 Å². The summed E-state index contributed by atoms with van der Waals surface area (Å²) in [6.45, 7) is 1.67. The molecule has 2 aromatic rings. The normalized spacial score (nSPS) is 20.5. The van der Waals surface area contributed by atoms with E-state index in [2.05, 4.69) is 0 Å². The molecule has 0 aromatic heterocycles. The molecule has 0 saturated carbocycles.